The summed E-state index contributed by atoms with van der Waals surface area (Å²) in [5.41, 5.74) is 3.35. The third kappa shape index (κ3) is 1.31. The molecule has 2 rings (SSSR count). The van der Waals surface area contributed by atoms with Gasteiger partial charge in [0.25, 0.3) is 0 Å². The van der Waals surface area contributed by atoms with Crippen LogP contribution in [0.3, 0.4) is 0 Å². The fourth-order valence-corrected chi connectivity index (χ4v) is 1.60. The Labute approximate surface area is 83.5 Å². The van der Waals surface area contributed by atoms with Crippen LogP contribution in [-0.4, -0.2) is 9.97 Å². The molecule has 0 fully saturated rings. The number of fused-ring (bicyclic) bond motifs is 1. The molecular formula is C9H6BrN3. The third-order valence-electron chi connectivity index (χ3n) is 1.86. The number of aromatic nitrogens is 2. The monoisotopic (exact) mass is 235 g/mol. The number of nitrogens with zero attached hydrogens (tertiary/aromatic N) is 2. The van der Waals surface area contributed by atoms with Crippen LogP contribution in [0, 0.1) is 11.3 Å². The molecule has 0 saturated heterocycles. The summed E-state index contributed by atoms with van der Waals surface area (Å²) in [6.45, 7) is 0. The first-order valence-electron chi connectivity index (χ1n) is 3.77. The maximum Gasteiger partial charge on any atom is 0.106 e. The Hall–Kier alpha value is -1.34. The summed E-state index contributed by atoms with van der Waals surface area (Å²) in [6, 6.07) is 5.96. The minimum absolute atomic E-state index is 0.619. The second-order valence-electron chi connectivity index (χ2n) is 2.69. The van der Waals surface area contributed by atoms with Crippen LogP contribution >= 0.6 is 15.9 Å². The molecule has 0 spiro atoms. The van der Waals surface area contributed by atoms with Crippen molar-refractivity contribution >= 4 is 27.0 Å². The van der Waals surface area contributed by atoms with E-state index in [-0.39, 0.29) is 0 Å². The second-order valence-corrected chi connectivity index (χ2v) is 3.25. The molecule has 0 radical (unpaired) electrons. The van der Waals surface area contributed by atoms with E-state index in [2.05, 4.69) is 32.0 Å². The number of alkyl halides is 1. The summed E-state index contributed by atoms with van der Waals surface area (Å²) in [5, 5.41) is 9.60. The van der Waals surface area contributed by atoms with E-state index in [0.717, 1.165) is 21.9 Å². The van der Waals surface area contributed by atoms with E-state index < -0.39 is 0 Å². The molecule has 1 aromatic carbocycles. The van der Waals surface area contributed by atoms with Crippen LogP contribution in [0.2, 0.25) is 0 Å². The van der Waals surface area contributed by atoms with E-state index in [1.165, 1.54) is 0 Å². The highest BCUT2D eigenvalue weighted by Gasteiger charge is 2.04. The fourth-order valence-electron chi connectivity index (χ4n) is 1.27. The smallest absolute Gasteiger partial charge is 0.106 e. The van der Waals surface area contributed by atoms with E-state index in [4.69, 9.17) is 5.26 Å². The van der Waals surface area contributed by atoms with Gasteiger partial charge in [0.05, 0.1) is 17.4 Å². The van der Waals surface area contributed by atoms with Crippen LogP contribution in [0.15, 0.2) is 18.5 Å². The number of benzene rings is 1. The normalized spacial score (nSPS) is 10.2. The van der Waals surface area contributed by atoms with Crippen molar-refractivity contribution < 1.29 is 0 Å². The topological polar surface area (TPSA) is 52.5 Å². The predicted octanol–water partition coefficient (Wildman–Crippen LogP) is 2.33. The van der Waals surface area contributed by atoms with Crippen molar-refractivity contribution in [3.8, 4) is 6.07 Å². The van der Waals surface area contributed by atoms with Crippen molar-refractivity contribution in [2.75, 3.05) is 0 Å². The first-order valence-corrected chi connectivity index (χ1v) is 4.89. The van der Waals surface area contributed by atoms with Crippen LogP contribution < -0.4 is 0 Å². The molecule has 3 nitrogen and oxygen atoms in total. The van der Waals surface area contributed by atoms with Gasteiger partial charge in [0, 0.05) is 5.33 Å². The summed E-state index contributed by atoms with van der Waals surface area (Å²) in [7, 11) is 0. The quantitative estimate of drug-likeness (QED) is 0.772. The highest BCUT2D eigenvalue weighted by molar-refractivity contribution is 9.08. The molecule has 0 aliphatic heterocycles. The van der Waals surface area contributed by atoms with E-state index in [1.54, 1.807) is 6.33 Å². The molecule has 1 heterocycles. The van der Waals surface area contributed by atoms with Gasteiger partial charge in [0.2, 0.25) is 0 Å². The second kappa shape index (κ2) is 3.19. The van der Waals surface area contributed by atoms with Gasteiger partial charge in [0.15, 0.2) is 0 Å². The third-order valence-corrected chi connectivity index (χ3v) is 2.51. The average molecular weight is 236 g/mol. The van der Waals surface area contributed by atoms with Crippen LogP contribution in [0.5, 0.6) is 0 Å². The molecule has 0 aliphatic rings. The van der Waals surface area contributed by atoms with Crippen LogP contribution in [0.1, 0.15) is 11.1 Å². The van der Waals surface area contributed by atoms with Gasteiger partial charge in [-0.25, -0.2) is 4.98 Å². The van der Waals surface area contributed by atoms with Crippen molar-refractivity contribution in [2.45, 2.75) is 5.33 Å². The van der Waals surface area contributed by atoms with E-state index >= 15 is 0 Å². The predicted molar refractivity (Wildman–Crippen MR) is 53.4 cm³/mol. The number of hydrogen-bond donors (Lipinski definition) is 1. The van der Waals surface area contributed by atoms with Gasteiger partial charge < -0.3 is 4.98 Å². The summed E-state index contributed by atoms with van der Waals surface area (Å²) in [5.74, 6) is 0. The highest BCUT2D eigenvalue weighted by Crippen LogP contribution is 2.18. The van der Waals surface area contributed by atoms with Crippen LogP contribution in [0.4, 0.5) is 0 Å². The summed E-state index contributed by atoms with van der Waals surface area (Å²) >= 11 is 3.35. The zero-order chi connectivity index (χ0) is 9.26. The van der Waals surface area contributed by atoms with Crippen molar-refractivity contribution in [2.24, 2.45) is 0 Å². The lowest BCUT2D eigenvalue weighted by atomic mass is 10.1. The van der Waals surface area contributed by atoms with Crippen molar-refractivity contribution in [1.29, 1.82) is 5.26 Å². The summed E-state index contributed by atoms with van der Waals surface area (Å²) in [6.07, 6.45) is 1.60. The number of rotatable bonds is 1. The Morgan fingerprint density at radius 2 is 2.38 bits per heavy atom. The van der Waals surface area contributed by atoms with Crippen LogP contribution in [-0.2, 0) is 5.33 Å². The Morgan fingerprint density at radius 1 is 1.54 bits per heavy atom. The molecule has 13 heavy (non-hydrogen) atoms. The Morgan fingerprint density at radius 3 is 3.08 bits per heavy atom. The van der Waals surface area contributed by atoms with Crippen molar-refractivity contribution in [3.63, 3.8) is 0 Å². The number of halogens is 1. The number of nitriles is 1. The largest absolute Gasteiger partial charge is 0.345 e. The number of imidazole rings is 1. The van der Waals surface area contributed by atoms with Gasteiger partial charge in [-0.05, 0) is 17.7 Å². The maximum absolute atomic E-state index is 8.85. The number of aromatic amines is 1. The summed E-state index contributed by atoms with van der Waals surface area (Å²) < 4.78 is 0. The molecule has 0 amide bonds. The van der Waals surface area contributed by atoms with Crippen molar-refractivity contribution in [3.05, 3.63) is 29.6 Å². The van der Waals surface area contributed by atoms with Crippen molar-refractivity contribution in [1.82, 2.24) is 9.97 Å². The molecule has 0 atom stereocenters. The Kier molecular flexibility index (Phi) is 2.03. The van der Waals surface area contributed by atoms with Gasteiger partial charge in [-0.15, -0.1) is 0 Å². The lowest BCUT2D eigenvalue weighted by Gasteiger charge is -1.96. The average Bonchev–Trinajstić information content (AvgIpc) is 2.63. The SMILES string of the molecule is N#Cc1cc(CBr)cc2[nH]cnc12. The number of H-pyrrole nitrogens is 1. The lowest BCUT2D eigenvalue weighted by molar-refractivity contribution is 1.34. The van der Waals surface area contributed by atoms with E-state index in [0.29, 0.717) is 5.56 Å². The van der Waals surface area contributed by atoms with Gasteiger partial charge in [0.1, 0.15) is 11.6 Å². The highest BCUT2D eigenvalue weighted by atomic mass is 79.9. The number of hydrogen-bond acceptors (Lipinski definition) is 2. The van der Waals surface area contributed by atoms with E-state index in [9.17, 15) is 0 Å². The number of nitrogens with one attached hydrogen (secondary N) is 1. The zero-order valence-corrected chi connectivity index (χ0v) is 8.30. The van der Waals surface area contributed by atoms with Gasteiger partial charge in [-0.3, -0.25) is 0 Å². The van der Waals surface area contributed by atoms with Gasteiger partial charge in [-0.1, -0.05) is 15.9 Å². The molecule has 1 N–H and O–H groups in total. The fraction of sp³-hybridized carbons (Fsp3) is 0.111. The molecule has 0 bridgehead atoms. The molecule has 4 heteroatoms. The molecule has 0 saturated carbocycles. The van der Waals surface area contributed by atoms with E-state index in [1.807, 2.05) is 12.1 Å². The van der Waals surface area contributed by atoms with Crippen LogP contribution in [0.25, 0.3) is 11.0 Å². The molecule has 1 aromatic heterocycles. The minimum atomic E-state index is 0.619. The van der Waals surface area contributed by atoms with Gasteiger partial charge in [-0.2, -0.15) is 5.26 Å². The maximum atomic E-state index is 8.85. The lowest BCUT2D eigenvalue weighted by Crippen LogP contribution is -1.83. The molecular weight excluding hydrogens is 230 g/mol. The van der Waals surface area contributed by atoms with Gasteiger partial charge >= 0.3 is 0 Å². The standard InChI is InChI=1S/C9H6BrN3/c10-3-6-1-7(4-11)9-8(2-6)12-5-13-9/h1-2,5H,3H2,(H,12,13). The Bertz CT molecular complexity index is 481. The first kappa shape index (κ1) is 8.27. The molecule has 0 unspecified atom stereocenters. The Balaban J connectivity index is 2.79. The minimum Gasteiger partial charge on any atom is -0.345 e. The molecule has 64 valence electrons. The molecule has 0 aliphatic carbocycles. The summed E-state index contributed by atoms with van der Waals surface area (Å²) in [4.78, 5) is 7.06. The molecule has 2 aromatic rings. The zero-order valence-electron chi connectivity index (χ0n) is 6.71. The first-order chi connectivity index (χ1) is 6.35.